The minimum atomic E-state index is -1.50. The molecule has 3 aliphatic rings. The van der Waals surface area contributed by atoms with E-state index in [9.17, 15) is 19.5 Å². The quantitative estimate of drug-likeness (QED) is 0.390. The summed E-state index contributed by atoms with van der Waals surface area (Å²) < 4.78 is 16.5. The van der Waals surface area contributed by atoms with E-state index in [1.807, 2.05) is 17.5 Å². The summed E-state index contributed by atoms with van der Waals surface area (Å²) in [5, 5.41) is 15.0. The number of imide groups is 1. The number of phenols is 1. The van der Waals surface area contributed by atoms with Crippen LogP contribution in [-0.4, -0.2) is 48.8 Å². The monoisotopic (exact) mass is 520 g/mol. The van der Waals surface area contributed by atoms with Crippen molar-refractivity contribution >= 4 is 34.8 Å². The number of aromatic hydroxyl groups is 1. The highest BCUT2D eigenvalue weighted by molar-refractivity contribution is 7.10. The van der Waals surface area contributed by atoms with Crippen molar-refractivity contribution < 1.29 is 33.7 Å². The minimum absolute atomic E-state index is 0.0847. The maximum atomic E-state index is 14.1. The molecule has 0 aliphatic carbocycles. The van der Waals surface area contributed by atoms with Crippen LogP contribution >= 0.6 is 11.3 Å². The number of phenolic OH excluding ortho intramolecular Hbond substituents is 1. The van der Waals surface area contributed by atoms with Gasteiger partial charge in [0.2, 0.25) is 11.8 Å². The highest BCUT2D eigenvalue weighted by atomic mass is 32.1. The van der Waals surface area contributed by atoms with Crippen LogP contribution in [0.4, 0.5) is 5.69 Å². The molecular weight excluding hydrogens is 496 g/mol. The van der Waals surface area contributed by atoms with Gasteiger partial charge in [-0.1, -0.05) is 18.2 Å². The second-order valence-electron chi connectivity index (χ2n) is 9.29. The predicted molar refractivity (Wildman–Crippen MR) is 134 cm³/mol. The van der Waals surface area contributed by atoms with Crippen LogP contribution in [0.25, 0.3) is 0 Å². The summed E-state index contributed by atoms with van der Waals surface area (Å²) in [5.41, 5.74) is -0.429. The van der Waals surface area contributed by atoms with Gasteiger partial charge in [-0.3, -0.25) is 19.7 Å². The van der Waals surface area contributed by atoms with Crippen LogP contribution in [0.1, 0.15) is 16.5 Å². The van der Waals surface area contributed by atoms with Gasteiger partial charge in [-0.25, -0.2) is 4.90 Å². The molecule has 2 saturated heterocycles. The van der Waals surface area contributed by atoms with E-state index < -0.39 is 41.2 Å². The van der Waals surface area contributed by atoms with Gasteiger partial charge in [0.25, 0.3) is 0 Å². The van der Waals surface area contributed by atoms with Crippen molar-refractivity contribution in [2.24, 2.45) is 11.8 Å². The lowest BCUT2D eigenvalue weighted by Gasteiger charge is -2.32. The number of thiophene rings is 1. The SMILES string of the molecule is COC(=O)[C@]1(Cc2ccc(O)cc2)N[C@H](c2cccs2)[C@@H]2C(=O)N(c3ccc4c(c3)OCCO4)C(=O)[C@H]21. The van der Waals surface area contributed by atoms with Crippen LogP contribution in [0.15, 0.2) is 60.0 Å². The fourth-order valence-electron chi connectivity index (χ4n) is 5.68. The molecule has 37 heavy (non-hydrogen) atoms. The molecule has 6 rings (SSSR count). The Hall–Kier alpha value is -3.89. The fourth-order valence-corrected chi connectivity index (χ4v) is 6.50. The van der Waals surface area contributed by atoms with Gasteiger partial charge in [0.15, 0.2) is 11.5 Å². The first-order valence-corrected chi connectivity index (χ1v) is 12.8. The first kappa shape index (κ1) is 23.5. The van der Waals surface area contributed by atoms with E-state index in [-0.39, 0.29) is 12.2 Å². The Balaban J connectivity index is 1.47. The Kier molecular flexibility index (Phi) is 5.65. The molecule has 3 aliphatic heterocycles. The first-order valence-electron chi connectivity index (χ1n) is 11.9. The van der Waals surface area contributed by atoms with Gasteiger partial charge in [-0.15, -0.1) is 11.3 Å². The van der Waals surface area contributed by atoms with Gasteiger partial charge in [-0.2, -0.15) is 0 Å². The third kappa shape index (κ3) is 3.67. The number of methoxy groups -OCH3 is 1. The highest BCUT2D eigenvalue weighted by Crippen LogP contribution is 2.52. The van der Waals surface area contributed by atoms with Crippen molar-refractivity contribution in [3.05, 3.63) is 70.4 Å². The standard InChI is InChI=1S/C27H24N2O7S/c1-34-26(33)27(14-15-4-7-17(30)8-5-15)22-21(23(28-27)20-3-2-12-37-20)24(31)29(25(22)32)16-6-9-18-19(13-16)36-11-10-35-18/h2-9,12-13,21-23,28,30H,10-11,14H2,1H3/t21-,22+,23-,27-/m1/s1. The molecule has 0 radical (unpaired) electrons. The summed E-state index contributed by atoms with van der Waals surface area (Å²) in [5.74, 6) is -2.25. The van der Waals surface area contributed by atoms with Crippen LogP contribution in [0.3, 0.4) is 0 Å². The van der Waals surface area contributed by atoms with Crippen LogP contribution in [-0.2, 0) is 25.5 Å². The molecule has 0 spiro atoms. The highest BCUT2D eigenvalue weighted by Gasteiger charge is 2.69. The van der Waals surface area contributed by atoms with Crippen molar-refractivity contribution in [2.75, 3.05) is 25.2 Å². The summed E-state index contributed by atoms with van der Waals surface area (Å²) in [4.78, 5) is 43.6. The number of anilines is 1. The molecule has 0 unspecified atom stereocenters. The number of rotatable bonds is 5. The summed E-state index contributed by atoms with van der Waals surface area (Å²) in [6.45, 7) is 0.789. The van der Waals surface area contributed by atoms with Crippen molar-refractivity contribution in [1.82, 2.24) is 5.32 Å². The zero-order valence-electron chi connectivity index (χ0n) is 19.9. The smallest absolute Gasteiger partial charge is 0.327 e. The van der Waals surface area contributed by atoms with E-state index in [1.165, 1.54) is 30.6 Å². The number of fused-ring (bicyclic) bond motifs is 2. The van der Waals surface area contributed by atoms with E-state index in [1.54, 1.807) is 30.3 Å². The number of amides is 2. The molecule has 2 amide bonds. The zero-order chi connectivity index (χ0) is 25.7. The average molecular weight is 521 g/mol. The lowest BCUT2D eigenvalue weighted by Crippen LogP contribution is -2.57. The number of hydrogen-bond acceptors (Lipinski definition) is 9. The lowest BCUT2D eigenvalue weighted by molar-refractivity contribution is -0.152. The molecule has 1 aromatic heterocycles. The summed E-state index contributed by atoms with van der Waals surface area (Å²) in [6.07, 6.45) is 0.0942. The molecule has 10 heteroatoms. The Bertz CT molecular complexity index is 1370. The fraction of sp³-hybridized carbons (Fsp3) is 0.296. The molecule has 190 valence electrons. The third-order valence-electron chi connectivity index (χ3n) is 7.26. The lowest BCUT2D eigenvalue weighted by atomic mass is 9.76. The van der Waals surface area contributed by atoms with Crippen molar-refractivity contribution in [1.29, 1.82) is 0 Å². The summed E-state index contributed by atoms with van der Waals surface area (Å²) in [7, 11) is 1.27. The van der Waals surface area contributed by atoms with Gasteiger partial charge in [0.1, 0.15) is 24.5 Å². The van der Waals surface area contributed by atoms with Gasteiger partial charge in [-0.05, 0) is 41.3 Å². The molecule has 0 saturated carbocycles. The van der Waals surface area contributed by atoms with Crippen molar-refractivity contribution in [3.8, 4) is 17.2 Å². The van der Waals surface area contributed by atoms with Gasteiger partial charge >= 0.3 is 5.97 Å². The van der Waals surface area contributed by atoms with Gasteiger partial charge in [0.05, 0.1) is 30.7 Å². The maximum absolute atomic E-state index is 14.1. The van der Waals surface area contributed by atoms with Gasteiger partial charge in [0, 0.05) is 17.4 Å². The number of benzene rings is 2. The molecule has 4 heterocycles. The van der Waals surface area contributed by atoms with Crippen LogP contribution in [0.5, 0.6) is 17.2 Å². The Morgan fingerprint density at radius 2 is 1.86 bits per heavy atom. The number of carbonyl (C=O) groups is 3. The molecular formula is C27H24N2O7S. The van der Waals surface area contributed by atoms with Crippen LogP contribution in [0, 0.1) is 11.8 Å². The van der Waals surface area contributed by atoms with Crippen molar-refractivity contribution in [3.63, 3.8) is 0 Å². The molecule has 3 aromatic rings. The predicted octanol–water partition coefficient (Wildman–Crippen LogP) is 2.83. The number of nitrogens with one attached hydrogen (secondary N) is 1. The van der Waals surface area contributed by atoms with Crippen LogP contribution < -0.4 is 19.7 Å². The summed E-state index contributed by atoms with van der Waals surface area (Å²) >= 11 is 1.45. The molecule has 2 fully saturated rings. The number of carbonyl (C=O) groups excluding carboxylic acids is 3. The largest absolute Gasteiger partial charge is 0.508 e. The Morgan fingerprint density at radius 3 is 2.57 bits per heavy atom. The number of esters is 1. The van der Waals surface area contributed by atoms with E-state index in [0.717, 1.165) is 9.78 Å². The normalized spacial score (nSPS) is 26.3. The zero-order valence-corrected chi connectivity index (χ0v) is 20.7. The average Bonchev–Trinajstić information content (AvgIpc) is 3.62. The summed E-state index contributed by atoms with van der Waals surface area (Å²) in [6, 6.07) is 14.6. The van der Waals surface area contributed by atoms with E-state index in [0.29, 0.717) is 36.0 Å². The molecule has 2 aromatic carbocycles. The second kappa shape index (κ2) is 8.89. The number of hydrogen-bond donors (Lipinski definition) is 2. The third-order valence-corrected chi connectivity index (χ3v) is 8.21. The van der Waals surface area contributed by atoms with Crippen LogP contribution in [0.2, 0.25) is 0 Å². The maximum Gasteiger partial charge on any atom is 0.327 e. The topological polar surface area (TPSA) is 114 Å². The second-order valence-corrected chi connectivity index (χ2v) is 10.3. The Morgan fingerprint density at radius 1 is 1.11 bits per heavy atom. The van der Waals surface area contributed by atoms with E-state index in [2.05, 4.69) is 5.32 Å². The Labute approximate surface area is 216 Å². The van der Waals surface area contributed by atoms with E-state index >= 15 is 0 Å². The minimum Gasteiger partial charge on any atom is -0.508 e. The number of nitrogens with zero attached hydrogens (tertiary/aromatic N) is 1. The van der Waals surface area contributed by atoms with Gasteiger partial charge < -0.3 is 19.3 Å². The molecule has 4 atom stereocenters. The number of ether oxygens (including phenoxy) is 3. The molecule has 0 bridgehead atoms. The molecule has 2 N–H and O–H groups in total. The first-order chi connectivity index (χ1) is 17.9. The van der Waals surface area contributed by atoms with Crippen molar-refractivity contribution in [2.45, 2.75) is 18.0 Å². The molecule has 9 nitrogen and oxygen atoms in total. The van der Waals surface area contributed by atoms with E-state index in [4.69, 9.17) is 14.2 Å².